The third kappa shape index (κ3) is 3.04. The average Bonchev–Trinajstić information content (AvgIpc) is 2.95. The standard InChI is InChI=1S/C17H12FNO2S/c18-13-8-6-11(7-9-13)10-14-15(17(20)21)22-16(19-14)12-4-2-1-3-5-12/h1-9H,10H2,(H,20,21). The Hall–Kier alpha value is -2.53. The molecule has 1 aromatic heterocycles. The van der Waals surface area contributed by atoms with Gasteiger partial charge in [0, 0.05) is 12.0 Å². The number of carbonyl (C=O) groups is 1. The predicted octanol–water partition coefficient (Wildman–Crippen LogP) is 4.24. The minimum Gasteiger partial charge on any atom is -0.477 e. The molecule has 0 aliphatic rings. The van der Waals surface area contributed by atoms with E-state index in [-0.39, 0.29) is 10.7 Å². The Morgan fingerprint density at radius 3 is 2.41 bits per heavy atom. The van der Waals surface area contributed by atoms with Crippen molar-refractivity contribution in [1.29, 1.82) is 0 Å². The number of aromatic nitrogens is 1. The van der Waals surface area contributed by atoms with E-state index in [0.717, 1.165) is 22.5 Å². The smallest absolute Gasteiger partial charge is 0.347 e. The first-order valence-corrected chi connectivity index (χ1v) is 7.48. The number of aromatic carboxylic acids is 1. The summed E-state index contributed by atoms with van der Waals surface area (Å²) >= 11 is 1.16. The molecular formula is C17H12FNO2S. The zero-order chi connectivity index (χ0) is 15.5. The van der Waals surface area contributed by atoms with Crippen LogP contribution < -0.4 is 0 Å². The van der Waals surface area contributed by atoms with E-state index in [2.05, 4.69) is 4.98 Å². The molecule has 5 heteroatoms. The fourth-order valence-corrected chi connectivity index (χ4v) is 3.06. The lowest BCUT2D eigenvalue weighted by Crippen LogP contribution is -2.00. The number of carboxylic acids is 1. The van der Waals surface area contributed by atoms with Gasteiger partial charge in [-0.3, -0.25) is 0 Å². The second-order valence-corrected chi connectivity index (χ2v) is 5.77. The third-order valence-corrected chi connectivity index (χ3v) is 4.33. The van der Waals surface area contributed by atoms with Crippen molar-refractivity contribution in [3.8, 4) is 10.6 Å². The largest absolute Gasteiger partial charge is 0.477 e. The number of thiazole rings is 1. The van der Waals surface area contributed by atoms with E-state index in [1.54, 1.807) is 12.1 Å². The van der Waals surface area contributed by atoms with Crippen LogP contribution in [0.4, 0.5) is 4.39 Å². The topological polar surface area (TPSA) is 50.2 Å². The van der Waals surface area contributed by atoms with Crippen LogP contribution in [0.15, 0.2) is 54.6 Å². The van der Waals surface area contributed by atoms with Gasteiger partial charge in [0.2, 0.25) is 0 Å². The van der Waals surface area contributed by atoms with Gasteiger partial charge in [-0.2, -0.15) is 0 Å². The normalized spacial score (nSPS) is 10.6. The molecule has 0 spiro atoms. The van der Waals surface area contributed by atoms with Crippen molar-refractivity contribution in [1.82, 2.24) is 4.98 Å². The van der Waals surface area contributed by atoms with Crippen LogP contribution in [0.25, 0.3) is 10.6 Å². The Labute approximate surface area is 130 Å². The Bertz CT molecular complexity index is 797. The predicted molar refractivity (Wildman–Crippen MR) is 83.7 cm³/mol. The molecule has 3 nitrogen and oxygen atoms in total. The number of hydrogen-bond acceptors (Lipinski definition) is 3. The zero-order valence-electron chi connectivity index (χ0n) is 11.5. The first-order chi connectivity index (χ1) is 10.6. The molecule has 3 rings (SSSR count). The molecule has 0 saturated carbocycles. The third-order valence-electron chi connectivity index (χ3n) is 3.20. The number of rotatable bonds is 4. The molecule has 1 N–H and O–H groups in total. The molecule has 22 heavy (non-hydrogen) atoms. The Balaban J connectivity index is 1.97. The highest BCUT2D eigenvalue weighted by molar-refractivity contribution is 7.17. The first kappa shape index (κ1) is 14.4. The number of nitrogens with zero attached hydrogens (tertiary/aromatic N) is 1. The average molecular weight is 313 g/mol. The van der Waals surface area contributed by atoms with Gasteiger partial charge in [0.05, 0.1) is 5.69 Å². The molecule has 0 saturated heterocycles. The highest BCUT2D eigenvalue weighted by atomic mass is 32.1. The maximum absolute atomic E-state index is 13.0. The van der Waals surface area contributed by atoms with E-state index in [1.165, 1.54) is 12.1 Å². The monoisotopic (exact) mass is 313 g/mol. The van der Waals surface area contributed by atoms with Crippen LogP contribution in [-0.4, -0.2) is 16.1 Å². The van der Waals surface area contributed by atoms with Gasteiger partial charge >= 0.3 is 5.97 Å². The Kier molecular flexibility index (Phi) is 3.98. The Morgan fingerprint density at radius 1 is 1.09 bits per heavy atom. The summed E-state index contributed by atoms with van der Waals surface area (Å²) in [4.78, 5) is 16.1. The molecule has 0 fully saturated rings. The number of halogens is 1. The van der Waals surface area contributed by atoms with Gasteiger partial charge in [0.25, 0.3) is 0 Å². The minimum atomic E-state index is -0.989. The fourth-order valence-electron chi connectivity index (χ4n) is 2.14. The van der Waals surface area contributed by atoms with Crippen molar-refractivity contribution >= 4 is 17.3 Å². The molecule has 0 radical (unpaired) electrons. The summed E-state index contributed by atoms with van der Waals surface area (Å²) < 4.78 is 13.0. The van der Waals surface area contributed by atoms with Crippen LogP contribution in [0.5, 0.6) is 0 Å². The molecule has 0 aliphatic heterocycles. The van der Waals surface area contributed by atoms with E-state index in [1.807, 2.05) is 30.3 Å². The maximum Gasteiger partial charge on any atom is 0.347 e. The second kappa shape index (κ2) is 6.07. The molecule has 0 unspecified atom stereocenters. The van der Waals surface area contributed by atoms with Gasteiger partial charge in [-0.1, -0.05) is 42.5 Å². The summed E-state index contributed by atoms with van der Waals surface area (Å²) in [7, 11) is 0. The van der Waals surface area contributed by atoms with Gasteiger partial charge in [0.1, 0.15) is 15.7 Å². The van der Waals surface area contributed by atoms with Crippen LogP contribution >= 0.6 is 11.3 Å². The summed E-state index contributed by atoms with van der Waals surface area (Å²) in [6.45, 7) is 0. The SMILES string of the molecule is O=C(O)c1sc(-c2ccccc2)nc1Cc1ccc(F)cc1. The Morgan fingerprint density at radius 2 is 1.77 bits per heavy atom. The summed E-state index contributed by atoms with van der Waals surface area (Å²) in [5.41, 5.74) is 2.22. The summed E-state index contributed by atoms with van der Waals surface area (Å²) in [5.74, 6) is -1.30. The molecule has 2 aromatic carbocycles. The summed E-state index contributed by atoms with van der Waals surface area (Å²) in [6.07, 6.45) is 0.366. The van der Waals surface area contributed by atoms with Crippen molar-refractivity contribution in [2.45, 2.75) is 6.42 Å². The molecule has 110 valence electrons. The van der Waals surface area contributed by atoms with Crippen LogP contribution in [0.2, 0.25) is 0 Å². The van der Waals surface area contributed by atoms with Gasteiger partial charge in [0.15, 0.2) is 0 Å². The van der Waals surface area contributed by atoms with Gasteiger partial charge < -0.3 is 5.11 Å². The fraction of sp³-hybridized carbons (Fsp3) is 0.0588. The first-order valence-electron chi connectivity index (χ1n) is 6.66. The summed E-state index contributed by atoms with van der Waals surface area (Å²) in [5, 5.41) is 10.0. The van der Waals surface area contributed by atoms with Crippen LogP contribution in [0.3, 0.4) is 0 Å². The van der Waals surface area contributed by atoms with Gasteiger partial charge in [-0.25, -0.2) is 14.2 Å². The van der Waals surface area contributed by atoms with Crippen molar-refractivity contribution < 1.29 is 14.3 Å². The van der Waals surface area contributed by atoms with Crippen molar-refractivity contribution in [3.05, 3.63) is 76.5 Å². The van der Waals surface area contributed by atoms with Crippen molar-refractivity contribution in [2.75, 3.05) is 0 Å². The molecule has 1 heterocycles. The van der Waals surface area contributed by atoms with Crippen molar-refractivity contribution in [2.24, 2.45) is 0 Å². The van der Waals surface area contributed by atoms with Crippen molar-refractivity contribution in [3.63, 3.8) is 0 Å². The zero-order valence-corrected chi connectivity index (χ0v) is 12.3. The molecule has 0 bridgehead atoms. The van der Waals surface area contributed by atoms with Crippen LogP contribution in [0, 0.1) is 5.82 Å². The minimum absolute atomic E-state index is 0.225. The lowest BCUT2D eigenvalue weighted by Gasteiger charge is -2.00. The highest BCUT2D eigenvalue weighted by Gasteiger charge is 2.18. The number of benzene rings is 2. The second-order valence-electron chi connectivity index (χ2n) is 4.77. The molecule has 0 atom stereocenters. The summed E-state index contributed by atoms with van der Waals surface area (Å²) in [6, 6.07) is 15.5. The number of carboxylic acid groups (broad SMARTS) is 1. The van der Waals surface area contributed by atoms with E-state index in [0.29, 0.717) is 17.1 Å². The number of hydrogen-bond donors (Lipinski definition) is 1. The van der Waals surface area contributed by atoms with E-state index >= 15 is 0 Å². The van der Waals surface area contributed by atoms with Crippen LogP contribution in [-0.2, 0) is 6.42 Å². The molecule has 0 amide bonds. The van der Waals surface area contributed by atoms with Gasteiger partial charge in [-0.05, 0) is 17.7 Å². The van der Waals surface area contributed by atoms with Gasteiger partial charge in [-0.15, -0.1) is 11.3 Å². The maximum atomic E-state index is 13.0. The van der Waals surface area contributed by atoms with E-state index in [9.17, 15) is 14.3 Å². The lowest BCUT2D eigenvalue weighted by atomic mass is 10.1. The van der Waals surface area contributed by atoms with E-state index < -0.39 is 5.97 Å². The molecular weight excluding hydrogens is 301 g/mol. The van der Waals surface area contributed by atoms with Crippen LogP contribution in [0.1, 0.15) is 20.9 Å². The quantitative estimate of drug-likeness (QED) is 0.784. The van der Waals surface area contributed by atoms with E-state index in [4.69, 9.17) is 0 Å². The molecule has 0 aliphatic carbocycles. The lowest BCUT2D eigenvalue weighted by molar-refractivity contribution is 0.0701. The highest BCUT2D eigenvalue weighted by Crippen LogP contribution is 2.29. The molecule has 3 aromatic rings.